The number of rotatable bonds is 3. The highest BCUT2D eigenvalue weighted by molar-refractivity contribution is 5.19. The van der Waals surface area contributed by atoms with E-state index in [2.05, 4.69) is 0 Å². The molecule has 6 heteroatoms. The molecule has 0 amide bonds. The van der Waals surface area contributed by atoms with Crippen LogP contribution < -0.4 is 0 Å². The monoisotopic (exact) mass is 231 g/mol. The van der Waals surface area contributed by atoms with Gasteiger partial charge in [-0.05, 0) is 5.56 Å². The predicted molar refractivity (Wildman–Crippen MR) is 51.3 cm³/mol. The Bertz CT molecular complexity index is 398. The summed E-state index contributed by atoms with van der Waals surface area (Å²) in [4.78, 5) is 9.41. The van der Waals surface area contributed by atoms with E-state index in [-0.39, 0.29) is 12.5 Å². The molecule has 0 saturated carbocycles. The zero-order valence-corrected chi connectivity index (χ0v) is 8.07. The van der Waals surface area contributed by atoms with Gasteiger partial charge in [0.05, 0.1) is 17.4 Å². The first-order chi connectivity index (χ1) is 7.38. The molecule has 86 valence electrons. The van der Waals surface area contributed by atoms with Crippen LogP contribution in [0.15, 0.2) is 42.1 Å². The van der Waals surface area contributed by atoms with Crippen LogP contribution in [0.1, 0.15) is 5.56 Å². The van der Waals surface area contributed by atoms with Crippen LogP contribution in [0.5, 0.6) is 0 Å². The number of allylic oxidation sites excluding steroid dienone is 2. The summed E-state index contributed by atoms with van der Waals surface area (Å²) in [7, 11) is 0. The standard InChI is InChI=1S/C10H8F3NO2/c11-10(12,13)7-9(14(15)16)6-8-4-2-1-3-5-8/h1-5,7H,6H2/b9-7-. The van der Waals surface area contributed by atoms with E-state index in [9.17, 15) is 23.3 Å². The SMILES string of the molecule is O=[N+]([O-])/C(=C\C(F)(F)F)Cc1ccccc1. The topological polar surface area (TPSA) is 43.1 Å². The Morgan fingerprint density at radius 2 is 1.88 bits per heavy atom. The second-order valence-electron chi connectivity index (χ2n) is 3.10. The average molecular weight is 231 g/mol. The normalized spacial score (nSPS) is 12.6. The summed E-state index contributed by atoms with van der Waals surface area (Å²) in [6.07, 6.45) is -5.29. The summed E-state index contributed by atoms with van der Waals surface area (Å²) in [6.45, 7) is 0. The Balaban J connectivity index is 2.90. The maximum Gasteiger partial charge on any atom is 0.415 e. The summed E-state index contributed by atoms with van der Waals surface area (Å²) in [5, 5.41) is 10.4. The number of alkyl halides is 3. The van der Waals surface area contributed by atoms with Gasteiger partial charge < -0.3 is 0 Å². The summed E-state index contributed by atoms with van der Waals surface area (Å²) in [6, 6.07) is 7.98. The Labute approximate surface area is 89.4 Å². The Morgan fingerprint density at radius 3 is 2.31 bits per heavy atom. The van der Waals surface area contributed by atoms with Gasteiger partial charge in [-0.3, -0.25) is 10.1 Å². The van der Waals surface area contributed by atoms with Crippen molar-refractivity contribution in [3.05, 3.63) is 57.8 Å². The molecule has 0 N–H and O–H groups in total. The van der Waals surface area contributed by atoms with Gasteiger partial charge in [0.25, 0.3) is 5.70 Å². The molecule has 0 heterocycles. The average Bonchev–Trinajstić information content (AvgIpc) is 2.16. The summed E-state index contributed by atoms with van der Waals surface area (Å²) < 4.78 is 36.0. The van der Waals surface area contributed by atoms with Crippen molar-refractivity contribution in [1.29, 1.82) is 0 Å². The fourth-order valence-corrected chi connectivity index (χ4v) is 1.16. The number of nitrogens with zero attached hydrogens (tertiary/aromatic N) is 1. The van der Waals surface area contributed by atoms with Crippen molar-refractivity contribution in [3.8, 4) is 0 Å². The minimum atomic E-state index is -4.67. The third-order valence-electron chi connectivity index (χ3n) is 1.79. The number of nitro groups is 1. The lowest BCUT2D eigenvalue weighted by atomic mass is 10.1. The lowest BCUT2D eigenvalue weighted by Gasteiger charge is -2.02. The Morgan fingerprint density at radius 1 is 1.31 bits per heavy atom. The molecule has 0 spiro atoms. The van der Waals surface area contributed by atoms with Gasteiger partial charge in [0.15, 0.2) is 0 Å². The van der Waals surface area contributed by atoms with Crippen LogP contribution in [0.4, 0.5) is 13.2 Å². The van der Waals surface area contributed by atoms with E-state index in [1.807, 2.05) is 0 Å². The zero-order chi connectivity index (χ0) is 12.2. The lowest BCUT2D eigenvalue weighted by molar-refractivity contribution is -0.428. The molecule has 0 atom stereocenters. The molecule has 0 aliphatic rings. The van der Waals surface area contributed by atoms with Crippen LogP contribution in [0, 0.1) is 10.1 Å². The quantitative estimate of drug-likeness (QED) is 0.592. The molecule has 0 radical (unpaired) electrons. The van der Waals surface area contributed by atoms with Gasteiger partial charge in [-0.1, -0.05) is 30.3 Å². The van der Waals surface area contributed by atoms with Crippen LogP contribution in [0.2, 0.25) is 0 Å². The number of hydrogen-bond donors (Lipinski definition) is 0. The maximum atomic E-state index is 12.0. The first kappa shape index (κ1) is 12.2. The Kier molecular flexibility index (Phi) is 3.65. The summed E-state index contributed by atoms with van der Waals surface area (Å²) >= 11 is 0. The van der Waals surface area contributed by atoms with E-state index < -0.39 is 16.8 Å². The second-order valence-corrected chi connectivity index (χ2v) is 3.10. The lowest BCUT2D eigenvalue weighted by Crippen LogP contribution is -2.10. The molecule has 1 rings (SSSR count). The second kappa shape index (κ2) is 4.78. The van der Waals surface area contributed by atoms with Crippen LogP contribution in [-0.2, 0) is 6.42 Å². The van der Waals surface area contributed by atoms with Gasteiger partial charge in [0.2, 0.25) is 0 Å². The van der Waals surface area contributed by atoms with Crippen LogP contribution >= 0.6 is 0 Å². The van der Waals surface area contributed by atoms with Gasteiger partial charge in [0.1, 0.15) is 0 Å². The van der Waals surface area contributed by atoms with E-state index in [1.54, 1.807) is 18.2 Å². The first-order valence-electron chi connectivity index (χ1n) is 4.35. The van der Waals surface area contributed by atoms with Crippen molar-refractivity contribution in [2.24, 2.45) is 0 Å². The van der Waals surface area contributed by atoms with E-state index in [1.165, 1.54) is 12.1 Å². The molecule has 0 saturated heterocycles. The van der Waals surface area contributed by atoms with Crippen LogP contribution in [-0.4, -0.2) is 11.1 Å². The van der Waals surface area contributed by atoms with Crippen molar-refractivity contribution in [3.63, 3.8) is 0 Å². The summed E-state index contributed by atoms with van der Waals surface area (Å²) in [5.74, 6) is 0. The van der Waals surface area contributed by atoms with Crippen molar-refractivity contribution >= 4 is 0 Å². The molecular formula is C10H8F3NO2. The van der Waals surface area contributed by atoms with Gasteiger partial charge in [0, 0.05) is 0 Å². The number of benzene rings is 1. The van der Waals surface area contributed by atoms with E-state index in [0.29, 0.717) is 5.56 Å². The molecule has 0 aliphatic heterocycles. The molecule has 16 heavy (non-hydrogen) atoms. The van der Waals surface area contributed by atoms with Gasteiger partial charge in [-0.25, -0.2) is 0 Å². The zero-order valence-electron chi connectivity index (χ0n) is 8.07. The molecule has 1 aromatic carbocycles. The van der Waals surface area contributed by atoms with Crippen molar-refractivity contribution in [1.82, 2.24) is 0 Å². The van der Waals surface area contributed by atoms with E-state index in [4.69, 9.17) is 0 Å². The summed E-state index contributed by atoms with van der Waals surface area (Å²) in [5.41, 5.74) is -0.395. The van der Waals surface area contributed by atoms with E-state index in [0.717, 1.165) is 0 Å². The number of halogens is 3. The molecule has 0 aromatic heterocycles. The van der Waals surface area contributed by atoms with Crippen LogP contribution in [0.3, 0.4) is 0 Å². The highest BCUT2D eigenvalue weighted by Gasteiger charge is 2.29. The molecule has 0 unspecified atom stereocenters. The van der Waals surface area contributed by atoms with Gasteiger partial charge >= 0.3 is 6.18 Å². The van der Waals surface area contributed by atoms with Gasteiger partial charge in [-0.15, -0.1) is 0 Å². The molecule has 3 nitrogen and oxygen atoms in total. The smallest absolute Gasteiger partial charge is 0.259 e. The van der Waals surface area contributed by atoms with Crippen molar-refractivity contribution in [2.45, 2.75) is 12.6 Å². The molecule has 1 aromatic rings. The fourth-order valence-electron chi connectivity index (χ4n) is 1.16. The van der Waals surface area contributed by atoms with E-state index >= 15 is 0 Å². The minimum Gasteiger partial charge on any atom is -0.259 e. The van der Waals surface area contributed by atoms with Gasteiger partial charge in [-0.2, -0.15) is 13.2 Å². The molecule has 0 aliphatic carbocycles. The first-order valence-corrected chi connectivity index (χ1v) is 4.35. The highest BCUT2D eigenvalue weighted by Crippen LogP contribution is 2.20. The molecular weight excluding hydrogens is 223 g/mol. The number of hydrogen-bond acceptors (Lipinski definition) is 2. The molecule has 0 fully saturated rings. The molecule has 0 bridgehead atoms. The Hall–Kier alpha value is -1.85. The third kappa shape index (κ3) is 4.12. The van der Waals surface area contributed by atoms with Crippen molar-refractivity contribution < 1.29 is 18.1 Å². The minimum absolute atomic E-state index is 0.278. The third-order valence-corrected chi connectivity index (χ3v) is 1.79. The highest BCUT2D eigenvalue weighted by atomic mass is 19.4. The largest absolute Gasteiger partial charge is 0.415 e. The fraction of sp³-hybridized carbons (Fsp3) is 0.200. The van der Waals surface area contributed by atoms with Crippen molar-refractivity contribution in [2.75, 3.05) is 0 Å². The predicted octanol–water partition coefficient (Wildman–Crippen LogP) is 2.95. The maximum absolute atomic E-state index is 12.0. The van der Waals surface area contributed by atoms with Crippen LogP contribution in [0.25, 0.3) is 0 Å².